The zero-order valence-corrected chi connectivity index (χ0v) is 9.79. The second kappa shape index (κ2) is 5.86. The fraction of sp³-hybridized carbons (Fsp3) is 0.417. The molecular weight excluding hydrogens is 247 g/mol. The van der Waals surface area contributed by atoms with Crippen LogP contribution < -0.4 is 5.32 Å². The van der Waals surface area contributed by atoms with Gasteiger partial charge in [0.1, 0.15) is 0 Å². The number of nitrogens with one attached hydrogen (secondary N) is 1. The minimum atomic E-state index is -4.71. The molecule has 2 N–H and O–H groups in total. The second-order valence-electron chi connectivity index (χ2n) is 4.02. The maximum absolute atomic E-state index is 12.0. The van der Waals surface area contributed by atoms with Crippen LogP contribution in [0, 0.1) is 6.92 Å². The summed E-state index contributed by atoms with van der Waals surface area (Å²) in [5.41, 5.74) is 1.74. The molecule has 0 radical (unpaired) electrons. The third-order valence-corrected chi connectivity index (χ3v) is 2.36. The zero-order valence-electron chi connectivity index (χ0n) is 9.79. The number of hydrogen-bond acceptors (Lipinski definition) is 2. The summed E-state index contributed by atoms with van der Waals surface area (Å²) >= 11 is 0. The summed E-state index contributed by atoms with van der Waals surface area (Å²) in [4.78, 5) is 11.3. The highest BCUT2D eigenvalue weighted by Gasteiger charge is 2.38. The van der Waals surface area contributed by atoms with Crippen molar-refractivity contribution >= 4 is 5.91 Å². The Kier molecular flexibility index (Phi) is 4.72. The van der Waals surface area contributed by atoms with Crippen LogP contribution in [0.4, 0.5) is 13.2 Å². The predicted molar refractivity (Wildman–Crippen MR) is 60.0 cm³/mol. The third-order valence-electron chi connectivity index (χ3n) is 2.36. The number of aliphatic hydroxyl groups is 1. The summed E-state index contributed by atoms with van der Waals surface area (Å²) in [5, 5.41) is 10.7. The lowest BCUT2D eigenvalue weighted by Crippen LogP contribution is -2.41. The molecule has 1 aromatic rings. The average molecular weight is 261 g/mol. The summed E-state index contributed by atoms with van der Waals surface area (Å²) in [6.45, 7) is 1.07. The topological polar surface area (TPSA) is 49.3 Å². The van der Waals surface area contributed by atoms with Gasteiger partial charge >= 0.3 is 6.18 Å². The molecule has 100 valence electrons. The highest BCUT2D eigenvalue weighted by molar-refractivity contribution is 5.78. The summed E-state index contributed by atoms with van der Waals surface area (Å²) in [6.07, 6.45) is -7.25. The molecule has 1 rings (SSSR count). The van der Waals surface area contributed by atoms with Gasteiger partial charge in [-0.05, 0) is 12.5 Å². The number of aryl methyl sites for hydroxylation is 1. The lowest BCUT2D eigenvalue weighted by Gasteiger charge is -2.14. The molecule has 1 amide bonds. The fourth-order valence-electron chi connectivity index (χ4n) is 1.28. The van der Waals surface area contributed by atoms with Crippen LogP contribution in [0.3, 0.4) is 0 Å². The Hall–Kier alpha value is -1.56. The van der Waals surface area contributed by atoms with Crippen LogP contribution in [0.25, 0.3) is 0 Å². The van der Waals surface area contributed by atoms with Gasteiger partial charge in [-0.25, -0.2) is 0 Å². The van der Waals surface area contributed by atoms with Crippen LogP contribution in [-0.4, -0.2) is 29.8 Å². The van der Waals surface area contributed by atoms with Gasteiger partial charge in [0.25, 0.3) is 0 Å². The molecule has 0 aliphatic heterocycles. The molecule has 0 spiro atoms. The summed E-state index contributed by atoms with van der Waals surface area (Å²) in [7, 11) is 0. The van der Waals surface area contributed by atoms with Crippen LogP contribution in [-0.2, 0) is 11.2 Å². The minimum absolute atomic E-state index is 0.00907. The number of rotatable bonds is 4. The maximum Gasteiger partial charge on any atom is 0.416 e. The fourth-order valence-corrected chi connectivity index (χ4v) is 1.28. The molecule has 1 unspecified atom stereocenters. The summed E-state index contributed by atoms with van der Waals surface area (Å²) in [6, 6.07) is 7.09. The Morgan fingerprint density at radius 1 is 1.33 bits per heavy atom. The highest BCUT2D eigenvalue weighted by Crippen LogP contribution is 2.19. The SMILES string of the molecule is Cc1ccc(CC(=O)NCC(O)C(F)(F)F)cc1. The highest BCUT2D eigenvalue weighted by atomic mass is 19.4. The Morgan fingerprint density at radius 3 is 2.39 bits per heavy atom. The molecule has 0 aliphatic carbocycles. The molecule has 1 aromatic carbocycles. The molecule has 6 heteroatoms. The molecule has 0 fully saturated rings. The molecule has 0 aliphatic rings. The van der Waals surface area contributed by atoms with E-state index in [4.69, 9.17) is 5.11 Å². The molecule has 0 saturated carbocycles. The van der Waals surface area contributed by atoms with Crippen molar-refractivity contribution in [3.8, 4) is 0 Å². The van der Waals surface area contributed by atoms with Crippen molar-refractivity contribution in [2.24, 2.45) is 0 Å². The van der Waals surface area contributed by atoms with E-state index < -0.39 is 24.7 Å². The number of aliphatic hydroxyl groups excluding tert-OH is 1. The number of carbonyl (C=O) groups excluding carboxylic acids is 1. The van der Waals surface area contributed by atoms with E-state index in [-0.39, 0.29) is 6.42 Å². The number of amides is 1. The Labute approximate surface area is 103 Å². The maximum atomic E-state index is 12.0. The smallest absolute Gasteiger partial charge is 0.382 e. The monoisotopic (exact) mass is 261 g/mol. The van der Waals surface area contributed by atoms with Crippen LogP contribution in [0.5, 0.6) is 0 Å². The first-order valence-corrected chi connectivity index (χ1v) is 5.36. The number of hydrogen-bond donors (Lipinski definition) is 2. The summed E-state index contributed by atoms with van der Waals surface area (Å²) < 4.78 is 35.9. The molecule has 0 bridgehead atoms. The van der Waals surface area contributed by atoms with Gasteiger partial charge in [0.05, 0.1) is 13.0 Å². The van der Waals surface area contributed by atoms with E-state index in [0.717, 1.165) is 5.56 Å². The second-order valence-corrected chi connectivity index (χ2v) is 4.02. The minimum Gasteiger partial charge on any atom is -0.382 e. The van der Waals surface area contributed by atoms with Gasteiger partial charge in [-0.1, -0.05) is 29.8 Å². The Morgan fingerprint density at radius 2 is 1.89 bits per heavy atom. The standard InChI is InChI=1S/C12H14F3NO2/c1-8-2-4-9(5-3-8)6-11(18)16-7-10(17)12(13,14)15/h2-5,10,17H,6-7H2,1H3,(H,16,18). The van der Waals surface area contributed by atoms with Crippen molar-refractivity contribution in [3.05, 3.63) is 35.4 Å². The molecule has 3 nitrogen and oxygen atoms in total. The van der Waals surface area contributed by atoms with E-state index >= 15 is 0 Å². The molecule has 0 saturated heterocycles. The Balaban J connectivity index is 2.41. The van der Waals surface area contributed by atoms with Gasteiger partial charge in [0, 0.05) is 0 Å². The van der Waals surface area contributed by atoms with Crippen molar-refractivity contribution in [2.45, 2.75) is 25.6 Å². The molecular formula is C12H14F3NO2. The van der Waals surface area contributed by atoms with Crippen LogP contribution in [0.1, 0.15) is 11.1 Å². The quantitative estimate of drug-likeness (QED) is 0.864. The van der Waals surface area contributed by atoms with Gasteiger partial charge < -0.3 is 10.4 Å². The van der Waals surface area contributed by atoms with Gasteiger partial charge in [0.15, 0.2) is 6.10 Å². The summed E-state index contributed by atoms with van der Waals surface area (Å²) in [5.74, 6) is -0.554. The first-order valence-electron chi connectivity index (χ1n) is 5.36. The van der Waals surface area contributed by atoms with Crippen LogP contribution in [0.15, 0.2) is 24.3 Å². The van der Waals surface area contributed by atoms with Gasteiger partial charge in [-0.15, -0.1) is 0 Å². The van der Waals surface area contributed by atoms with Crippen molar-refractivity contribution in [2.75, 3.05) is 6.54 Å². The predicted octanol–water partition coefficient (Wildman–Crippen LogP) is 1.58. The average Bonchev–Trinajstić information content (AvgIpc) is 2.28. The number of alkyl halides is 3. The van der Waals surface area contributed by atoms with Crippen LogP contribution in [0.2, 0.25) is 0 Å². The number of carbonyl (C=O) groups is 1. The molecule has 0 heterocycles. The number of benzene rings is 1. The van der Waals surface area contributed by atoms with E-state index in [1.807, 2.05) is 24.4 Å². The molecule has 0 aromatic heterocycles. The van der Waals surface area contributed by atoms with E-state index in [1.165, 1.54) is 0 Å². The van der Waals surface area contributed by atoms with Gasteiger partial charge in [-0.2, -0.15) is 13.2 Å². The lowest BCUT2D eigenvalue weighted by atomic mass is 10.1. The van der Waals surface area contributed by atoms with Crippen molar-refractivity contribution in [1.82, 2.24) is 5.32 Å². The van der Waals surface area contributed by atoms with Crippen LogP contribution >= 0.6 is 0 Å². The van der Waals surface area contributed by atoms with E-state index in [1.54, 1.807) is 12.1 Å². The van der Waals surface area contributed by atoms with Crippen molar-refractivity contribution in [1.29, 1.82) is 0 Å². The first-order chi connectivity index (χ1) is 8.29. The van der Waals surface area contributed by atoms with Gasteiger partial charge in [0.2, 0.25) is 5.91 Å². The van der Waals surface area contributed by atoms with Gasteiger partial charge in [-0.3, -0.25) is 4.79 Å². The first kappa shape index (κ1) is 14.5. The largest absolute Gasteiger partial charge is 0.416 e. The lowest BCUT2D eigenvalue weighted by molar-refractivity contribution is -0.201. The third kappa shape index (κ3) is 4.75. The van der Waals surface area contributed by atoms with Crippen molar-refractivity contribution < 1.29 is 23.1 Å². The van der Waals surface area contributed by atoms with Crippen molar-refractivity contribution in [3.63, 3.8) is 0 Å². The van der Waals surface area contributed by atoms with E-state index in [0.29, 0.717) is 5.56 Å². The zero-order chi connectivity index (χ0) is 13.8. The normalized spacial score (nSPS) is 13.2. The molecule has 1 atom stereocenters. The Bertz CT molecular complexity index is 401. The molecule has 18 heavy (non-hydrogen) atoms. The van der Waals surface area contributed by atoms with E-state index in [2.05, 4.69) is 0 Å². The number of halogens is 3. The van der Waals surface area contributed by atoms with E-state index in [9.17, 15) is 18.0 Å².